The van der Waals surface area contributed by atoms with E-state index in [1.54, 1.807) is 7.11 Å². The van der Waals surface area contributed by atoms with E-state index in [1.165, 1.54) is 24.1 Å². The third-order valence-electron chi connectivity index (χ3n) is 3.58. The van der Waals surface area contributed by atoms with Gasteiger partial charge < -0.3 is 14.8 Å². The van der Waals surface area contributed by atoms with E-state index in [4.69, 9.17) is 14.5 Å². The summed E-state index contributed by atoms with van der Waals surface area (Å²) in [4.78, 5) is 9.18. The van der Waals surface area contributed by atoms with Crippen LogP contribution >= 0.6 is 0 Å². The van der Waals surface area contributed by atoms with E-state index in [2.05, 4.69) is 17.2 Å². The Bertz CT molecular complexity index is 412. The number of hydrogen-bond donors (Lipinski definition) is 1. The standard InChI is InChI=1S/C15H25N3O2/c1-3-16-13-5-4-6-14-12(13)11-17-15(18-14)7-8-20-10-9-19-2/h11,13,16H,3-10H2,1-2H3. The fourth-order valence-corrected chi connectivity index (χ4v) is 2.57. The predicted octanol–water partition coefficient (Wildman–Crippen LogP) is 1.67. The zero-order valence-electron chi connectivity index (χ0n) is 12.5. The molecule has 20 heavy (non-hydrogen) atoms. The fourth-order valence-electron chi connectivity index (χ4n) is 2.57. The van der Waals surface area contributed by atoms with Crippen LogP contribution in [0.1, 0.15) is 42.9 Å². The van der Waals surface area contributed by atoms with Crippen molar-refractivity contribution in [3.63, 3.8) is 0 Å². The third-order valence-corrected chi connectivity index (χ3v) is 3.58. The van der Waals surface area contributed by atoms with Gasteiger partial charge >= 0.3 is 0 Å². The van der Waals surface area contributed by atoms with E-state index < -0.39 is 0 Å². The Morgan fingerprint density at radius 3 is 3.05 bits per heavy atom. The van der Waals surface area contributed by atoms with Gasteiger partial charge in [-0.2, -0.15) is 0 Å². The summed E-state index contributed by atoms with van der Waals surface area (Å²) in [6, 6.07) is 0.427. The van der Waals surface area contributed by atoms with Crippen molar-refractivity contribution in [1.82, 2.24) is 15.3 Å². The van der Waals surface area contributed by atoms with Crippen LogP contribution in [-0.4, -0.2) is 43.4 Å². The summed E-state index contributed by atoms with van der Waals surface area (Å²) in [5.41, 5.74) is 2.49. The van der Waals surface area contributed by atoms with Crippen molar-refractivity contribution in [2.45, 2.75) is 38.6 Å². The quantitative estimate of drug-likeness (QED) is 0.734. The maximum atomic E-state index is 5.46. The van der Waals surface area contributed by atoms with Gasteiger partial charge in [-0.15, -0.1) is 0 Å². The number of hydrogen-bond acceptors (Lipinski definition) is 5. The highest BCUT2D eigenvalue weighted by Gasteiger charge is 2.21. The number of nitrogens with zero attached hydrogens (tertiary/aromatic N) is 2. The molecule has 1 aliphatic carbocycles. The number of nitrogens with one attached hydrogen (secondary N) is 1. The molecule has 5 nitrogen and oxygen atoms in total. The van der Waals surface area contributed by atoms with Gasteiger partial charge in [-0.25, -0.2) is 9.97 Å². The molecule has 1 aromatic heterocycles. The number of fused-ring (bicyclic) bond motifs is 1. The summed E-state index contributed by atoms with van der Waals surface area (Å²) >= 11 is 0. The molecule has 0 bridgehead atoms. The predicted molar refractivity (Wildman–Crippen MR) is 77.8 cm³/mol. The van der Waals surface area contributed by atoms with Crippen molar-refractivity contribution in [3.05, 3.63) is 23.3 Å². The Balaban J connectivity index is 1.90. The van der Waals surface area contributed by atoms with E-state index in [0.29, 0.717) is 25.9 Å². The summed E-state index contributed by atoms with van der Waals surface area (Å²) in [7, 11) is 1.68. The highest BCUT2D eigenvalue weighted by molar-refractivity contribution is 5.24. The smallest absolute Gasteiger partial charge is 0.130 e. The molecule has 0 saturated carbocycles. The lowest BCUT2D eigenvalue weighted by Gasteiger charge is -2.25. The molecule has 0 saturated heterocycles. The van der Waals surface area contributed by atoms with Crippen molar-refractivity contribution in [2.75, 3.05) is 33.5 Å². The molecule has 1 heterocycles. The topological polar surface area (TPSA) is 56.3 Å². The van der Waals surface area contributed by atoms with Crippen molar-refractivity contribution < 1.29 is 9.47 Å². The van der Waals surface area contributed by atoms with Gasteiger partial charge in [0.05, 0.1) is 19.8 Å². The van der Waals surface area contributed by atoms with Gasteiger partial charge in [-0.3, -0.25) is 0 Å². The van der Waals surface area contributed by atoms with Crippen molar-refractivity contribution in [2.24, 2.45) is 0 Å². The van der Waals surface area contributed by atoms with Gasteiger partial charge in [0.15, 0.2) is 0 Å². The lowest BCUT2D eigenvalue weighted by Crippen LogP contribution is -2.26. The maximum Gasteiger partial charge on any atom is 0.130 e. The number of rotatable bonds is 8. The van der Waals surface area contributed by atoms with E-state index >= 15 is 0 Å². The second-order valence-corrected chi connectivity index (χ2v) is 5.05. The van der Waals surface area contributed by atoms with Gasteiger partial charge in [0, 0.05) is 37.0 Å². The molecule has 1 N–H and O–H groups in total. The second kappa shape index (κ2) is 8.29. The molecule has 1 unspecified atom stereocenters. The van der Waals surface area contributed by atoms with Crippen LogP contribution in [-0.2, 0) is 22.3 Å². The molecule has 112 valence electrons. The Morgan fingerprint density at radius 2 is 2.25 bits per heavy atom. The van der Waals surface area contributed by atoms with Crippen molar-refractivity contribution >= 4 is 0 Å². The lowest BCUT2D eigenvalue weighted by atomic mass is 9.92. The van der Waals surface area contributed by atoms with E-state index in [1.807, 2.05) is 6.20 Å². The highest BCUT2D eigenvalue weighted by atomic mass is 16.5. The molecule has 2 rings (SSSR count). The average Bonchev–Trinajstić information content (AvgIpc) is 2.47. The molecule has 1 aliphatic rings. The first-order valence-corrected chi connectivity index (χ1v) is 7.50. The SMILES string of the molecule is CCNC1CCCc2nc(CCOCCOC)ncc21. The van der Waals surface area contributed by atoms with E-state index in [9.17, 15) is 0 Å². The van der Waals surface area contributed by atoms with Crippen molar-refractivity contribution in [1.29, 1.82) is 0 Å². The van der Waals surface area contributed by atoms with Crippen LogP contribution in [0.25, 0.3) is 0 Å². The minimum atomic E-state index is 0.427. The molecule has 0 fully saturated rings. The Kier molecular flexibility index (Phi) is 6.36. The molecule has 0 aliphatic heterocycles. The Hall–Kier alpha value is -1.04. The first-order chi connectivity index (χ1) is 9.85. The van der Waals surface area contributed by atoms with Crippen molar-refractivity contribution in [3.8, 4) is 0 Å². The molecule has 0 spiro atoms. The summed E-state index contributed by atoms with van der Waals surface area (Å²) in [6.45, 7) is 5.04. The third kappa shape index (κ3) is 4.23. The summed E-state index contributed by atoms with van der Waals surface area (Å²) in [5, 5.41) is 3.51. The molecular weight excluding hydrogens is 254 g/mol. The molecule has 1 atom stereocenters. The maximum absolute atomic E-state index is 5.46. The van der Waals surface area contributed by atoms with Gasteiger partial charge in [0.2, 0.25) is 0 Å². The van der Waals surface area contributed by atoms with Crippen LogP contribution in [0.2, 0.25) is 0 Å². The summed E-state index contributed by atoms with van der Waals surface area (Å²) in [6.07, 6.45) is 6.22. The monoisotopic (exact) mass is 279 g/mol. The lowest BCUT2D eigenvalue weighted by molar-refractivity contribution is 0.0716. The van der Waals surface area contributed by atoms with Crippen LogP contribution in [0.15, 0.2) is 6.20 Å². The number of ether oxygens (including phenoxy) is 2. The van der Waals surface area contributed by atoms with Crippen LogP contribution in [0.4, 0.5) is 0 Å². The highest BCUT2D eigenvalue weighted by Crippen LogP contribution is 2.27. The Labute approximate surface area is 121 Å². The fraction of sp³-hybridized carbons (Fsp3) is 0.733. The van der Waals surface area contributed by atoms with Crippen LogP contribution in [0.3, 0.4) is 0 Å². The molecule has 0 aromatic carbocycles. The number of methoxy groups -OCH3 is 1. The number of aromatic nitrogens is 2. The van der Waals surface area contributed by atoms with Crippen LogP contribution in [0.5, 0.6) is 0 Å². The molecule has 1 aromatic rings. The van der Waals surface area contributed by atoms with Crippen LogP contribution < -0.4 is 5.32 Å². The average molecular weight is 279 g/mol. The largest absolute Gasteiger partial charge is 0.382 e. The second-order valence-electron chi connectivity index (χ2n) is 5.05. The number of aryl methyl sites for hydroxylation is 1. The van der Waals surface area contributed by atoms with Gasteiger partial charge in [-0.1, -0.05) is 6.92 Å². The molecule has 0 radical (unpaired) electrons. The van der Waals surface area contributed by atoms with E-state index in [-0.39, 0.29) is 0 Å². The van der Waals surface area contributed by atoms with Crippen LogP contribution in [0, 0.1) is 0 Å². The minimum absolute atomic E-state index is 0.427. The molecule has 0 amide bonds. The summed E-state index contributed by atoms with van der Waals surface area (Å²) in [5.74, 6) is 0.887. The van der Waals surface area contributed by atoms with E-state index in [0.717, 1.165) is 25.2 Å². The van der Waals surface area contributed by atoms with Gasteiger partial charge in [0.1, 0.15) is 5.82 Å². The zero-order valence-corrected chi connectivity index (χ0v) is 12.5. The molecular formula is C15H25N3O2. The normalized spacial score (nSPS) is 18.0. The van der Waals surface area contributed by atoms with Gasteiger partial charge in [0.25, 0.3) is 0 Å². The summed E-state index contributed by atoms with van der Waals surface area (Å²) < 4.78 is 10.4. The van der Waals surface area contributed by atoms with Gasteiger partial charge in [-0.05, 0) is 25.8 Å². The molecule has 5 heteroatoms. The first kappa shape index (κ1) is 15.4. The Morgan fingerprint density at radius 1 is 1.35 bits per heavy atom. The zero-order chi connectivity index (χ0) is 14.2. The first-order valence-electron chi connectivity index (χ1n) is 7.50. The minimum Gasteiger partial charge on any atom is -0.382 e.